The van der Waals surface area contributed by atoms with Gasteiger partial charge in [-0.3, -0.25) is 4.79 Å². The number of anilines is 1. The highest BCUT2D eigenvalue weighted by atomic mass is 35.5. The Hall–Kier alpha value is -1.02. The van der Waals surface area contributed by atoms with E-state index in [-0.39, 0.29) is 5.78 Å². The molecule has 1 heterocycles. The van der Waals surface area contributed by atoms with E-state index in [1.54, 1.807) is 6.92 Å². The second kappa shape index (κ2) is 4.93. The van der Waals surface area contributed by atoms with E-state index in [2.05, 4.69) is 18.7 Å². The van der Waals surface area contributed by atoms with Crippen molar-refractivity contribution in [1.82, 2.24) is 0 Å². The molecule has 1 aromatic rings. The molecule has 3 heteroatoms. The van der Waals surface area contributed by atoms with Gasteiger partial charge in [-0.05, 0) is 43.4 Å². The molecule has 0 atom stereocenters. The van der Waals surface area contributed by atoms with Crippen LogP contribution in [0.25, 0.3) is 0 Å². The van der Waals surface area contributed by atoms with Gasteiger partial charge >= 0.3 is 0 Å². The Morgan fingerprint density at radius 3 is 2.67 bits per heavy atom. The summed E-state index contributed by atoms with van der Waals surface area (Å²) in [6.45, 7) is 8.25. The fourth-order valence-electron chi connectivity index (χ4n) is 2.63. The molecular formula is C15H20ClNO. The molecule has 1 aliphatic rings. The van der Waals surface area contributed by atoms with Gasteiger partial charge in [0.15, 0.2) is 5.78 Å². The highest BCUT2D eigenvalue weighted by Gasteiger charge is 2.26. The van der Waals surface area contributed by atoms with Crippen molar-refractivity contribution >= 4 is 23.1 Å². The van der Waals surface area contributed by atoms with Crippen LogP contribution >= 0.6 is 11.6 Å². The Bertz CT molecular complexity index is 468. The Labute approximate surface area is 114 Å². The van der Waals surface area contributed by atoms with Gasteiger partial charge in [-0.1, -0.05) is 25.4 Å². The van der Waals surface area contributed by atoms with Crippen molar-refractivity contribution in [2.24, 2.45) is 5.41 Å². The normalized spacial score (nSPS) is 18.8. The van der Waals surface area contributed by atoms with Gasteiger partial charge in [0.1, 0.15) is 0 Å². The molecule has 0 radical (unpaired) electrons. The number of carbonyl (C=O) groups is 1. The van der Waals surface area contributed by atoms with Crippen molar-refractivity contribution in [2.75, 3.05) is 18.0 Å². The maximum absolute atomic E-state index is 11.4. The fraction of sp³-hybridized carbons (Fsp3) is 0.533. The second-order valence-corrected chi connectivity index (χ2v) is 6.32. The average molecular weight is 266 g/mol. The first-order valence-electron chi connectivity index (χ1n) is 6.44. The molecule has 0 aromatic heterocycles. The number of nitrogens with zero attached hydrogens (tertiary/aromatic N) is 1. The fourth-order valence-corrected chi connectivity index (χ4v) is 2.94. The molecule has 1 fully saturated rings. The lowest BCUT2D eigenvalue weighted by Crippen LogP contribution is -2.40. The van der Waals surface area contributed by atoms with E-state index in [0.717, 1.165) is 18.8 Å². The lowest BCUT2D eigenvalue weighted by molar-refractivity contribution is 0.101. The van der Waals surface area contributed by atoms with Crippen LogP contribution in [0.4, 0.5) is 5.69 Å². The Balaban J connectivity index is 2.24. The van der Waals surface area contributed by atoms with E-state index < -0.39 is 0 Å². The van der Waals surface area contributed by atoms with Crippen LogP contribution in [0.1, 0.15) is 44.0 Å². The number of Topliss-reactive ketones (excluding diaryl/α,β-unsaturated/α-hetero) is 1. The third-order valence-corrected chi connectivity index (χ3v) is 3.91. The van der Waals surface area contributed by atoms with Crippen molar-refractivity contribution < 1.29 is 4.79 Å². The number of hydrogen-bond acceptors (Lipinski definition) is 2. The monoisotopic (exact) mass is 265 g/mol. The maximum atomic E-state index is 11.4. The standard InChI is InChI=1S/C15H20ClNO/c1-11(18)13-6-5-12(9-14(13)16)17-8-4-7-15(2,3)10-17/h5-6,9H,4,7-8,10H2,1-3H3. The summed E-state index contributed by atoms with van der Waals surface area (Å²) < 4.78 is 0. The van der Waals surface area contributed by atoms with Gasteiger partial charge in [0, 0.05) is 24.3 Å². The van der Waals surface area contributed by atoms with E-state index in [1.807, 2.05) is 18.2 Å². The quantitative estimate of drug-likeness (QED) is 0.748. The molecule has 0 aliphatic carbocycles. The minimum atomic E-state index is 0.0190. The van der Waals surface area contributed by atoms with Crippen LogP contribution in [-0.4, -0.2) is 18.9 Å². The van der Waals surface area contributed by atoms with Crippen LogP contribution < -0.4 is 4.90 Å². The summed E-state index contributed by atoms with van der Waals surface area (Å²) in [6, 6.07) is 5.76. The van der Waals surface area contributed by atoms with Gasteiger partial charge in [-0.2, -0.15) is 0 Å². The van der Waals surface area contributed by atoms with Crippen molar-refractivity contribution in [1.29, 1.82) is 0 Å². The van der Waals surface area contributed by atoms with Gasteiger partial charge < -0.3 is 4.90 Å². The highest BCUT2D eigenvalue weighted by Crippen LogP contribution is 2.33. The van der Waals surface area contributed by atoms with E-state index in [0.29, 0.717) is 16.0 Å². The number of hydrogen-bond donors (Lipinski definition) is 0. The molecule has 0 bridgehead atoms. The zero-order chi connectivity index (χ0) is 13.3. The predicted octanol–water partition coefficient (Wildman–Crippen LogP) is 4.17. The molecule has 0 amide bonds. The molecule has 2 rings (SSSR count). The Morgan fingerprint density at radius 2 is 2.11 bits per heavy atom. The first-order valence-corrected chi connectivity index (χ1v) is 6.82. The minimum absolute atomic E-state index is 0.0190. The summed E-state index contributed by atoms with van der Waals surface area (Å²) in [5, 5.41) is 0.559. The van der Waals surface area contributed by atoms with Crippen LogP contribution in [0.15, 0.2) is 18.2 Å². The van der Waals surface area contributed by atoms with E-state index >= 15 is 0 Å². The smallest absolute Gasteiger partial charge is 0.161 e. The van der Waals surface area contributed by atoms with Crippen molar-refractivity contribution in [3.05, 3.63) is 28.8 Å². The van der Waals surface area contributed by atoms with Crippen molar-refractivity contribution in [3.8, 4) is 0 Å². The molecule has 2 nitrogen and oxygen atoms in total. The topological polar surface area (TPSA) is 20.3 Å². The molecule has 1 saturated heterocycles. The van der Waals surface area contributed by atoms with Gasteiger partial charge in [0.2, 0.25) is 0 Å². The second-order valence-electron chi connectivity index (χ2n) is 5.91. The summed E-state index contributed by atoms with van der Waals surface area (Å²) in [5.74, 6) is 0.0190. The lowest BCUT2D eigenvalue weighted by atomic mass is 9.84. The zero-order valence-electron chi connectivity index (χ0n) is 11.3. The number of benzene rings is 1. The van der Waals surface area contributed by atoms with E-state index in [1.165, 1.54) is 12.8 Å². The van der Waals surface area contributed by atoms with E-state index in [9.17, 15) is 4.79 Å². The summed E-state index contributed by atoms with van der Waals surface area (Å²) in [5.41, 5.74) is 2.08. The lowest BCUT2D eigenvalue weighted by Gasteiger charge is -2.39. The molecule has 1 aromatic carbocycles. The summed E-state index contributed by atoms with van der Waals surface area (Å²) >= 11 is 6.17. The zero-order valence-corrected chi connectivity index (χ0v) is 12.0. The number of halogens is 1. The molecule has 0 spiro atoms. The maximum Gasteiger partial charge on any atom is 0.161 e. The molecular weight excluding hydrogens is 246 g/mol. The Morgan fingerprint density at radius 1 is 1.39 bits per heavy atom. The Kier molecular flexibility index (Phi) is 3.67. The first-order chi connectivity index (χ1) is 8.39. The van der Waals surface area contributed by atoms with Gasteiger partial charge in [-0.15, -0.1) is 0 Å². The molecule has 0 N–H and O–H groups in total. The highest BCUT2D eigenvalue weighted by molar-refractivity contribution is 6.34. The van der Waals surface area contributed by atoms with Crippen LogP contribution in [0, 0.1) is 5.41 Å². The van der Waals surface area contributed by atoms with Gasteiger partial charge in [0.25, 0.3) is 0 Å². The summed E-state index contributed by atoms with van der Waals surface area (Å²) in [6.07, 6.45) is 2.47. The molecule has 0 saturated carbocycles. The van der Waals surface area contributed by atoms with Gasteiger partial charge in [0.05, 0.1) is 5.02 Å². The number of rotatable bonds is 2. The third-order valence-electron chi connectivity index (χ3n) is 3.60. The minimum Gasteiger partial charge on any atom is -0.371 e. The third kappa shape index (κ3) is 2.86. The van der Waals surface area contributed by atoms with Crippen LogP contribution in [-0.2, 0) is 0 Å². The average Bonchev–Trinajstić information content (AvgIpc) is 2.27. The molecule has 18 heavy (non-hydrogen) atoms. The summed E-state index contributed by atoms with van der Waals surface area (Å²) in [4.78, 5) is 13.7. The van der Waals surface area contributed by atoms with Crippen LogP contribution in [0.2, 0.25) is 5.02 Å². The largest absolute Gasteiger partial charge is 0.371 e. The molecule has 1 aliphatic heterocycles. The van der Waals surface area contributed by atoms with Crippen molar-refractivity contribution in [2.45, 2.75) is 33.6 Å². The van der Waals surface area contributed by atoms with Crippen LogP contribution in [0.5, 0.6) is 0 Å². The molecule has 0 unspecified atom stereocenters. The predicted molar refractivity (Wildman–Crippen MR) is 76.7 cm³/mol. The first kappa shape index (κ1) is 13.4. The summed E-state index contributed by atoms with van der Waals surface area (Å²) in [7, 11) is 0. The number of piperidine rings is 1. The SMILES string of the molecule is CC(=O)c1ccc(N2CCCC(C)(C)C2)cc1Cl. The molecule has 98 valence electrons. The number of ketones is 1. The van der Waals surface area contributed by atoms with Crippen LogP contribution in [0.3, 0.4) is 0 Å². The number of carbonyl (C=O) groups excluding carboxylic acids is 1. The van der Waals surface area contributed by atoms with Crippen molar-refractivity contribution in [3.63, 3.8) is 0 Å². The van der Waals surface area contributed by atoms with Gasteiger partial charge in [-0.25, -0.2) is 0 Å². The van der Waals surface area contributed by atoms with E-state index in [4.69, 9.17) is 11.6 Å².